The van der Waals surface area contributed by atoms with Crippen LogP contribution in [0.25, 0.3) is 10.8 Å². The third kappa shape index (κ3) is 2.59. The van der Waals surface area contributed by atoms with Crippen LogP contribution in [-0.2, 0) is 14.4 Å². The number of halogens is 1. The minimum Gasteiger partial charge on any atom is -0.378 e. The number of anilines is 1. The van der Waals surface area contributed by atoms with Crippen molar-refractivity contribution < 1.29 is 14.4 Å². The lowest BCUT2D eigenvalue weighted by Crippen LogP contribution is -2.40. The van der Waals surface area contributed by atoms with Gasteiger partial charge in [0.25, 0.3) is 5.91 Å². The molecule has 0 aromatic heterocycles. The van der Waals surface area contributed by atoms with Crippen LogP contribution in [0.3, 0.4) is 0 Å². The van der Waals surface area contributed by atoms with E-state index in [-0.39, 0.29) is 24.7 Å². The maximum absolute atomic E-state index is 13.2. The molecule has 138 valence electrons. The number of carbonyl (C=O) groups excluding carboxylic acids is 2. The number of hydrogen-bond acceptors (Lipinski definition) is 4. The lowest BCUT2D eigenvalue weighted by atomic mass is 9.92. The Morgan fingerprint density at radius 1 is 0.929 bits per heavy atom. The highest BCUT2D eigenvalue weighted by Crippen LogP contribution is 2.39. The highest BCUT2D eigenvalue weighted by molar-refractivity contribution is 6.30. The third-order valence-corrected chi connectivity index (χ3v) is 5.48. The number of amides is 2. The molecule has 1 spiro atoms. The van der Waals surface area contributed by atoms with Crippen LogP contribution in [0.5, 0.6) is 0 Å². The predicted octanol–water partition coefficient (Wildman–Crippen LogP) is 4.32. The average molecular weight is 391 g/mol. The van der Waals surface area contributed by atoms with Gasteiger partial charge < -0.3 is 4.84 Å². The van der Waals surface area contributed by atoms with Crippen molar-refractivity contribution in [2.45, 2.75) is 18.4 Å². The molecule has 3 aromatic carbocycles. The minimum atomic E-state index is -1.27. The summed E-state index contributed by atoms with van der Waals surface area (Å²) in [6.45, 7) is 0. The molecular weight excluding hydrogens is 376 g/mol. The SMILES string of the molecule is O=C1C[C@@]2(CC(c3ccc(Cl)cc3)=NO2)C(=O)N1c1ccc2ccccc2c1. The van der Waals surface area contributed by atoms with Gasteiger partial charge in [-0.2, -0.15) is 0 Å². The molecule has 0 bridgehead atoms. The smallest absolute Gasteiger partial charge is 0.281 e. The summed E-state index contributed by atoms with van der Waals surface area (Å²) in [4.78, 5) is 32.7. The molecule has 6 heteroatoms. The summed E-state index contributed by atoms with van der Waals surface area (Å²) in [5, 5.41) is 6.74. The van der Waals surface area contributed by atoms with Crippen LogP contribution in [0.15, 0.2) is 71.9 Å². The number of imide groups is 1. The van der Waals surface area contributed by atoms with Crippen LogP contribution in [0.2, 0.25) is 5.02 Å². The summed E-state index contributed by atoms with van der Waals surface area (Å²) in [6, 6.07) is 20.5. The zero-order valence-corrected chi connectivity index (χ0v) is 15.5. The monoisotopic (exact) mass is 390 g/mol. The van der Waals surface area contributed by atoms with Gasteiger partial charge in [-0.25, -0.2) is 4.90 Å². The number of hydrogen-bond donors (Lipinski definition) is 0. The lowest BCUT2D eigenvalue weighted by molar-refractivity contribution is -0.136. The number of oxime groups is 1. The van der Waals surface area contributed by atoms with E-state index in [0.29, 0.717) is 16.4 Å². The fraction of sp³-hybridized carbons (Fsp3) is 0.136. The first kappa shape index (κ1) is 17.0. The van der Waals surface area contributed by atoms with Gasteiger partial charge in [0.15, 0.2) is 0 Å². The maximum Gasteiger partial charge on any atom is 0.281 e. The van der Waals surface area contributed by atoms with Crippen LogP contribution in [0.1, 0.15) is 18.4 Å². The van der Waals surface area contributed by atoms with E-state index < -0.39 is 5.60 Å². The Bertz CT molecular complexity index is 1160. The highest BCUT2D eigenvalue weighted by atomic mass is 35.5. The van der Waals surface area contributed by atoms with Crippen molar-refractivity contribution in [1.82, 2.24) is 0 Å². The van der Waals surface area contributed by atoms with Gasteiger partial charge >= 0.3 is 0 Å². The number of carbonyl (C=O) groups is 2. The fourth-order valence-electron chi connectivity index (χ4n) is 3.78. The van der Waals surface area contributed by atoms with E-state index in [9.17, 15) is 9.59 Å². The van der Waals surface area contributed by atoms with Crippen molar-refractivity contribution in [2.75, 3.05) is 4.90 Å². The molecule has 2 amide bonds. The van der Waals surface area contributed by atoms with E-state index in [0.717, 1.165) is 16.3 Å². The second kappa shape index (κ2) is 6.17. The van der Waals surface area contributed by atoms with Crippen molar-refractivity contribution in [2.24, 2.45) is 5.16 Å². The Morgan fingerprint density at radius 3 is 2.46 bits per heavy atom. The molecule has 28 heavy (non-hydrogen) atoms. The summed E-state index contributed by atoms with van der Waals surface area (Å²) in [7, 11) is 0. The molecule has 0 aliphatic carbocycles. The zero-order valence-electron chi connectivity index (χ0n) is 14.8. The Kier molecular flexibility index (Phi) is 3.74. The Balaban J connectivity index is 1.45. The number of fused-ring (bicyclic) bond motifs is 1. The van der Waals surface area contributed by atoms with Gasteiger partial charge in [0, 0.05) is 11.4 Å². The van der Waals surface area contributed by atoms with Gasteiger partial charge in [0.1, 0.15) is 0 Å². The van der Waals surface area contributed by atoms with E-state index >= 15 is 0 Å². The zero-order chi connectivity index (χ0) is 19.3. The minimum absolute atomic E-state index is 0.0285. The average Bonchev–Trinajstić information content (AvgIpc) is 3.23. The predicted molar refractivity (Wildman–Crippen MR) is 107 cm³/mol. The Labute approximate surface area is 166 Å². The molecule has 1 atom stereocenters. The van der Waals surface area contributed by atoms with Crippen LogP contribution in [0.4, 0.5) is 5.69 Å². The molecule has 2 heterocycles. The summed E-state index contributed by atoms with van der Waals surface area (Å²) < 4.78 is 0. The van der Waals surface area contributed by atoms with E-state index in [4.69, 9.17) is 16.4 Å². The van der Waals surface area contributed by atoms with Crippen LogP contribution >= 0.6 is 11.6 Å². The first-order chi connectivity index (χ1) is 13.6. The van der Waals surface area contributed by atoms with E-state index in [1.54, 1.807) is 18.2 Å². The first-order valence-corrected chi connectivity index (χ1v) is 9.31. The van der Waals surface area contributed by atoms with Crippen LogP contribution < -0.4 is 4.90 Å². The van der Waals surface area contributed by atoms with Gasteiger partial charge in [-0.15, -0.1) is 0 Å². The molecular formula is C22H15ClN2O3. The number of benzene rings is 3. The van der Waals surface area contributed by atoms with Crippen LogP contribution in [-0.4, -0.2) is 23.1 Å². The third-order valence-electron chi connectivity index (χ3n) is 5.23. The topological polar surface area (TPSA) is 59.0 Å². The molecule has 2 aliphatic rings. The van der Waals surface area contributed by atoms with Gasteiger partial charge in [-0.1, -0.05) is 59.2 Å². The molecule has 5 rings (SSSR count). The normalized spacial score (nSPS) is 21.5. The first-order valence-electron chi connectivity index (χ1n) is 8.93. The summed E-state index contributed by atoms with van der Waals surface area (Å²) in [5.41, 5.74) is 0.746. The molecule has 3 aromatic rings. The van der Waals surface area contributed by atoms with Crippen molar-refractivity contribution in [3.63, 3.8) is 0 Å². The molecule has 0 N–H and O–H groups in total. The summed E-state index contributed by atoms with van der Waals surface area (Å²) in [5.74, 6) is -0.659. The quantitative estimate of drug-likeness (QED) is 0.612. The second-order valence-electron chi connectivity index (χ2n) is 7.05. The molecule has 1 saturated heterocycles. The molecule has 0 saturated carbocycles. The Hall–Kier alpha value is -3.18. The van der Waals surface area contributed by atoms with E-state index in [1.165, 1.54) is 4.90 Å². The second-order valence-corrected chi connectivity index (χ2v) is 7.49. The molecule has 0 radical (unpaired) electrons. The molecule has 0 unspecified atom stereocenters. The van der Waals surface area contributed by atoms with Gasteiger partial charge in [-0.05, 0) is 40.6 Å². The fourth-order valence-corrected chi connectivity index (χ4v) is 3.90. The van der Waals surface area contributed by atoms with Crippen molar-refractivity contribution in [3.8, 4) is 0 Å². The molecule has 5 nitrogen and oxygen atoms in total. The molecule has 2 aliphatic heterocycles. The molecule has 1 fully saturated rings. The van der Waals surface area contributed by atoms with Gasteiger partial charge in [0.05, 0.1) is 17.8 Å². The van der Waals surface area contributed by atoms with Gasteiger partial charge in [0.2, 0.25) is 11.5 Å². The van der Waals surface area contributed by atoms with E-state index in [2.05, 4.69) is 5.16 Å². The number of rotatable bonds is 2. The van der Waals surface area contributed by atoms with Crippen LogP contribution in [0, 0.1) is 0 Å². The summed E-state index contributed by atoms with van der Waals surface area (Å²) in [6.07, 6.45) is 0.225. The maximum atomic E-state index is 13.2. The van der Waals surface area contributed by atoms with Crippen molar-refractivity contribution in [1.29, 1.82) is 0 Å². The van der Waals surface area contributed by atoms with Gasteiger partial charge in [-0.3, -0.25) is 9.59 Å². The largest absolute Gasteiger partial charge is 0.378 e. The summed E-state index contributed by atoms with van der Waals surface area (Å²) >= 11 is 5.93. The standard InChI is InChI=1S/C22H15ClN2O3/c23-17-8-5-15(6-9-17)19-12-22(28-24-19)13-20(26)25(21(22)27)18-10-7-14-3-1-2-4-16(14)11-18/h1-11H,12-13H2/t22-/m0/s1. The lowest BCUT2D eigenvalue weighted by Gasteiger charge is -2.19. The Morgan fingerprint density at radius 2 is 1.68 bits per heavy atom. The number of nitrogens with zero attached hydrogens (tertiary/aromatic N) is 2. The van der Waals surface area contributed by atoms with E-state index in [1.807, 2.05) is 48.5 Å². The van der Waals surface area contributed by atoms with Crippen molar-refractivity contribution >= 4 is 45.6 Å². The van der Waals surface area contributed by atoms with Crippen molar-refractivity contribution in [3.05, 3.63) is 77.3 Å². The highest BCUT2D eigenvalue weighted by Gasteiger charge is 2.58.